The van der Waals surface area contributed by atoms with Crippen molar-refractivity contribution < 1.29 is 19.1 Å². The van der Waals surface area contributed by atoms with E-state index in [2.05, 4.69) is 5.32 Å². The predicted octanol–water partition coefficient (Wildman–Crippen LogP) is 2.43. The molecule has 0 bridgehead atoms. The number of aromatic nitrogens is 1. The molecule has 1 aromatic heterocycles. The molecular weight excluding hydrogens is 346 g/mol. The number of rotatable bonds is 6. The number of methoxy groups -OCH3 is 1. The molecule has 1 spiro atoms. The third kappa shape index (κ3) is 3.29. The van der Waals surface area contributed by atoms with Crippen molar-refractivity contribution in [3.05, 3.63) is 23.0 Å². The van der Waals surface area contributed by atoms with Gasteiger partial charge >= 0.3 is 6.03 Å². The van der Waals surface area contributed by atoms with Gasteiger partial charge in [0.25, 0.3) is 5.91 Å². The van der Waals surface area contributed by atoms with E-state index in [1.807, 2.05) is 31.4 Å². The van der Waals surface area contributed by atoms with E-state index in [1.165, 1.54) is 0 Å². The van der Waals surface area contributed by atoms with Crippen LogP contribution in [0.15, 0.2) is 6.07 Å². The number of aryl methyl sites for hydroxylation is 1. The number of ketones is 1. The van der Waals surface area contributed by atoms with Gasteiger partial charge in [-0.05, 0) is 38.7 Å². The lowest BCUT2D eigenvalue weighted by molar-refractivity contribution is -0.133. The smallest absolute Gasteiger partial charge is 0.325 e. The molecule has 0 aromatic carbocycles. The Morgan fingerprint density at radius 3 is 2.74 bits per heavy atom. The summed E-state index contributed by atoms with van der Waals surface area (Å²) in [5.41, 5.74) is 1.52. The molecule has 3 amide bonds. The first-order valence-corrected chi connectivity index (χ1v) is 9.64. The SMILES string of the molecule is COCCn1c(C)cc(C(=O)CN2C(=O)NC3(CCCCC3C)C2=O)c1C. The molecule has 1 aromatic rings. The number of hydrogen-bond acceptors (Lipinski definition) is 4. The Balaban J connectivity index is 1.78. The molecule has 7 nitrogen and oxygen atoms in total. The standard InChI is InChI=1S/C20H29N3O4/c1-13-7-5-6-8-20(13)18(25)23(19(26)21-20)12-17(24)16-11-14(2)22(15(16)3)9-10-27-4/h11,13H,5-10,12H2,1-4H3,(H,21,26). The molecule has 7 heteroatoms. The van der Waals surface area contributed by atoms with E-state index in [4.69, 9.17) is 4.74 Å². The van der Waals surface area contributed by atoms with Crippen molar-refractivity contribution in [3.63, 3.8) is 0 Å². The van der Waals surface area contributed by atoms with E-state index < -0.39 is 11.6 Å². The van der Waals surface area contributed by atoms with Crippen molar-refractivity contribution >= 4 is 17.7 Å². The minimum absolute atomic E-state index is 0.0851. The molecular formula is C20H29N3O4. The Kier molecular flexibility index (Phi) is 5.42. The van der Waals surface area contributed by atoms with Gasteiger partial charge in [0.05, 0.1) is 13.2 Å². The van der Waals surface area contributed by atoms with Gasteiger partial charge < -0.3 is 14.6 Å². The highest BCUT2D eigenvalue weighted by atomic mass is 16.5. The van der Waals surface area contributed by atoms with Crippen molar-refractivity contribution in [1.29, 1.82) is 0 Å². The number of ether oxygens (including phenoxy) is 1. The Bertz CT molecular complexity index is 770. The summed E-state index contributed by atoms with van der Waals surface area (Å²) in [7, 11) is 1.64. The van der Waals surface area contributed by atoms with Gasteiger partial charge in [0.1, 0.15) is 5.54 Å². The molecule has 0 radical (unpaired) electrons. The second-order valence-electron chi connectivity index (χ2n) is 7.79. The Morgan fingerprint density at radius 2 is 2.07 bits per heavy atom. The molecule has 1 N–H and O–H groups in total. The molecule has 148 valence electrons. The maximum Gasteiger partial charge on any atom is 0.325 e. The summed E-state index contributed by atoms with van der Waals surface area (Å²) in [6.07, 6.45) is 3.54. The van der Waals surface area contributed by atoms with Crippen LogP contribution >= 0.6 is 0 Å². The van der Waals surface area contributed by atoms with Crippen LogP contribution in [0.1, 0.15) is 54.4 Å². The minimum Gasteiger partial charge on any atom is -0.383 e. The highest BCUT2D eigenvalue weighted by Crippen LogP contribution is 2.38. The zero-order chi connectivity index (χ0) is 19.8. The lowest BCUT2D eigenvalue weighted by Crippen LogP contribution is -2.54. The molecule has 2 heterocycles. The van der Waals surface area contributed by atoms with Gasteiger partial charge in [-0.25, -0.2) is 4.79 Å². The molecule has 2 aliphatic rings. The average Bonchev–Trinajstić information content (AvgIpc) is 3.04. The van der Waals surface area contributed by atoms with Crippen LogP contribution in [0, 0.1) is 19.8 Å². The van der Waals surface area contributed by atoms with Crippen molar-refractivity contribution in [2.75, 3.05) is 20.3 Å². The third-order valence-electron chi connectivity index (χ3n) is 6.20. The number of nitrogens with one attached hydrogen (secondary N) is 1. The number of Topliss-reactive ketones (excluding diaryl/α,β-unsaturated/α-hetero) is 1. The Labute approximate surface area is 160 Å². The second kappa shape index (κ2) is 7.46. The second-order valence-corrected chi connectivity index (χ2v) is 7.79. The molecule has 27 heavy (non-hydrogen) atoms. The lowest BCUT2D eigenvalue weighted by atomic mass is 9.73. The molecule has 3 rings (SSSR count). The van der Waals surface area contributed by atoms with Crippen LogP contribution in [0.25, 0.3) is 0 Å². The number of carbonyl (C=O) groups is 3. The van der Waals surface area contributed by atoms with E-state index >= 15 is 0 Å². The van der Waals surface area contributed by atoms with Crippen molar-refractivity contribution in [1.82, 2.24) is 14.8 Å². The minimum atomic E-state index is -0.828. The van der Waals surface area contributed by atoms with Crippen LogP contribution in [0.3, 0.4) is 0 Å². The van der Waals surface area contributed by atoms with Gasteiger partial charge in [-0.1, -0.05) is 19.8 Å². The number of amides is 3. The van der Waals surface area contributed by atoms with Crippen molar-refractivity contribution in [3.8, 4) is 0 Å². The molecule has 1 saturated carbocycles. The summed E-state index contributed by atoms with van der Waals surface area (Å²) < 4.78 is 7.14. The summed E-state index contributed by atoms with van der Waals surface area (Å²) >= 11 is 0. The molecule has 2 atom stereocenters. The summed E-state index contributed by atoms with van der Waals surface area (Å²) in [6.45, 7) is 6.82. The average molecular weight is 375 g/mol. The first-order valence-electron chi connectivity index (χ1n) is 9.64. The monoisotopic (exact) mass is 375 g/mol. The van der Waals surface area contributed by atoms with Crippen LogP contribution in [-0.2, 0) is 16.1 Å². The number of urea groups is 1. The highest BCUT2D eigenvalue weighted by Gasteiger charge is 2.55. The van der Waals surface area contributed by atoms with E-state index in [-0.39, 0.29) is 24.2 Å². The molecule has 1 saturated heterocycles. The van der Waals surface area contributed by atoms with E-state index in [0.29, 0.717) is 25.1 Å². The maximum absolute atomic E-state index is 13.0. The zero-order valence-corrected chi connectivity index (χ0v) is 16.6. The fraction of sp³-hybridized carbons (Fsp3) is 0.650. The normalized spacial score (nSPS) is 25.3. The van der Waals surface area contributed by atoms with E-state index in [1.54, 1.807) is 7.11 Å². The van der Waals surface area contributed by atoms with E-state index in [9.17, 15) is 14.4 Å². The Morgan fingerprint density at radius 1 is 1.33 bits per heavy atom. The van der Waals surface area contributed by atoms with Gasteiger partial charge in [-0.2, -0.15) is 0 Å². The quantitative estimate of drug-likeness (QED) is 0.612. The van der Waals surface area contributed by atoms with Crippen molar-refractivity contribution in [2.45, 2.75) is 58.5 Å². The summed E-state index contributed by atoms with van der Waals surface area (Å²) in [5.74, 6) is -0.376. The first-order chi connectivity index (χ1) is 12.8. The van der Waals surface area contributed by atoms with Gasteiger partial charge in [-0.15, -0.1) is 0 Å². The molecule has 2 fully saturated rings. The van der Waals surface area contributed by atoms with Gasteiger partial charge in [0.2, 0.25) is 0 Å². The summed E-state index contributed by atoms with van der Waals surface area (Å²) in [6, 6.07) is 1.38. The molecule has 1 aliphatic carbocycles. The highest BCUT2D eigenvalue weighted by molar-refractivity contribution is 6.11. The zero-order valence-electron chi connectivity index (χ0n) is 16.6. The lowest BCUT2D eigenvalue weighted by Gasteiger charge is -2.36. The topological polar surface area (TPSA) is 80.6 Å². The van der Waals surface area contributed by atoms with Crippen LogP contribution < -0.4 is 5.32 Å². The number of carbonyl (C=O) groups excluding carboxylic acids is 3. The van der Waals surface area contributed by atoms with Crippen molar-refractivity contribution in [2.24, 2.45) is 5.92 Å². The maximum atomic E-state index is 13.0. The van der Waals surface area contributed by atoms with Crippen LogP contribution in [0.4, 0.5) is 4.79 Å². The van der Waals surface area contributed by atoms with Crippen LogP contribution in [0.2, 0.25) is 0 Å². The first kappa shape index (κ1) is 19.6. The van der Waals surface area contributed by atoms with E-state index in [0.717, 1.165) is 35.6 Å². The number of hydrogen-bond donors (Lipinski definition) is 1. The van der Waals surface area contributed by atoms with Gasteiger partial charge in [0, 0.05) is 30.6 Å². The van der Waals surface area contributed by atoms with Gasteiger partial charge in [0.15, 0.2) is 5.78 Å². The van der Waals surface area contributed by atoms with Gasteiger partial charge in [-0.3, -0.25) is 14.5 Å². The fourth-order valence-electron chi connectivity index (χ4n) is 4.48. The number of imide groups is 1. The summed E-state index contributed by atoms with van der Waals surface area (Å²) in [5, 5.41) is 2.90. The van der Waals surface area contributed by atoms with Crippen LogP contribution in [0.5, 0.6) is 0 Å². The fourth-order valence-corrected chi connectivity index (χ4v) is 4.48. The van der Waals surface area contributed by atoms with Crippen LogP contribution in [-0.4, -0.2) is 53.0 Å². The largest absolute Gasteiger partial charge is 0.383 e. The Hall–Kier alpha value is -2.15. The third-order valence-corrected chi connectivity index (χ3v) is 6.20. The predicted molar refractivity (Wildman–Crippen MR) is 101 cm³/mol. The molecule has 1 aliphatic heterocycles. The summed E-state index contributed by atoms with van der Waals surface area (Å²) in [4.78, 5) is 39.5. The number of nitrogens with zero attached hydrogens (tertiary/aromatic N) is 2. The molecule has 2 unspecified atom stereocenters.